The summed E-state index contributed by atoms with van der Waals surface area (Å²) in [4.78, 5) is 123. The molecule has 2 heterocycles. The highest BCUT2D eigenvalue weighted by Crippen LogP contribution is 2.40. The highest BCUT2D eigenvalue weighted by atomic mass is 32.2. The molecule has 0 aliphatic carbocycles. The van der Waals surface area contributed by atoms with Gasteiger partial charge in [-0.1, -0.05) is 166 Å². The average Bonchev–Trinajstić information content (AvgIpc) is 1.09. The summed E-state index contributed by atoms with van der Waals surface area (Å²) in [5.74, 6) is -1.39. The van der Waals surface area contributed by atoms with Crippen molar-refractivity contribution in [1.82, 2.24) is 29.5 Å². The number of nitrogens with one attached hydrogen (secondary N) is 6. The van der Waals surface area contributed by atoms with Gasteiger partial charge in [-0.15, -0.1) is 10.2 Å². The van der Waals surface area contributed by atoms with E-state index >= 15 is 0 Å². The Morgan fingerprint density at radius 1 is 0.429 bits per heavy atom. The summed E-state index contributed by atoms with van der Waals surface area (Å²) >= 11 is 0. The fourth-order valence-electron chi connectivity index (χ4n) is 6.32. The zero-order valence-corrected chi connectivity index (χ0v) is 90.8. The molecule has 8 N–H and O–H groups in total. The highest BCUT2D eigenvalue weighted by molar-refractivity contribution is 7.93. The van der Waals surface area contributed by atoms with E-state index < -0.39 is 113 Å². The van der Waals surface area contributed by atoms with E-state index in [1.807, 2.05) is 78.7 Å². The first-order valence-electron chi connectivity index (χ1n) is 39.9. The molecule has 4 atom stereocenters. The number of carbonyl (C=O) groups is 10. The fourth-order valence-corrected chi connectivity index (χ4v) is 13.7. The molecule has 0 fully saturated rings. The highest BCUT2D eigenvalue weighted by Gasteiger charge is 2.20. The molecular weight excluding hydrogens is 1850 g/mol. The van der Waals surface area contributed by atoms with Gasteiger partial charge in [-0.25, -0.2) is 58.9 Å². The molecule has 0 radical (unpaired) electrons. The molecule has 0 aromatic carbocycles. The van der Waals surface area contributed by atoms with Crippen LogP contribution in [0.4, 0.5) is 0 Å². The van der Waals surface area contributed by atoms with Crippen molar-refractivity contribution in [1.29, 1.82) is 0 Å². The molecule has 2 aliphatic heterocycles. The Morgan fingerprint density at radius 2 is 0.762 bits per heavy atom. The van der Waals surface area contributed by atoms with Crippen molar-refractivity contribution in [2.24, 2.45) is 96.0 Å². The summed E-state index contributed by atoms with van der Waals surface area (Å²) in [6, 6.07) is 0. The van der Waals surface area contributed by atoms with Gasteiger partial charge in [0.15, 0.2) is 34.4 Å². The smallest absolute Gasteiger partial charge is 0.235 e. The second kappa shape index (κ2) is 76.0. The van der Waals surface area contributed by atoms with Gasteiger partial charge in [0.05, 0.1) is 45.9 Å². The molecule has 0 saturated heterocycles. The maximum Gasteiger partial charge on any atom is 0.235 e. The lowest BCUT2D eigenvalue weighted by Gasteiger charge is -2.06. The molecule has 0 saturated carbocycles. The Morgan fingerprint density at radius 3 is 0.913 bits per heavy atom. The van der Waals surface area contributed by atoms with E-state index in [1.54, 1.807) is 96.9 Å². The summed E-state index contributed by atoms with van der Waals surface area (Å²) in [6.07, 6.45) is 9.60. The van der Waals surface area contributed by atoms with Crippen molar-refractivity contribution in [3.63, 3.8) is 0 Å². The van der Waals surface area contributed by atoms with Gasteiger partial charge in [0, 0.05) is 101 Å². The third-order valence-corrected chi connectivity index (χ3v) is 25.3. The van der Waals surface area contributed by atoms with E-state index in [0.29, 0.717) is 60.9 Å². The Kier molecular flexibility index (Phi) is 88.1. The van der Waals surface area contributed by atoms with E-state index in [2.05, 4.69) is 78.7 Å². The van der Waals surface area contributed by atoms with Crippen LogP contribution in [0, 0.1) is 65.1 Å². The van der Waals surface area contributed by atoms with E-state index in [9.17, 15) is 116 Å². The van der Waals surface area contributed by atoms with Gasteiger partial charge >= 0.3 is 0 Å². The molecule has 0 spiro atoms. The minimum Gasteiger partial charge on any atom is -0.344 e. The lowest BCUT2D eigenvalue weighted by Crippen LogP contribution is -2.32. The second-order valence-corrected chi connectivity index (χ2v) is 54.4. The molecule has 0 bridgehead atoms. The van der Waals surface area contributed by atoms with Crippen molar-refractivity contribution in [2.45, 2.75) is 257 Å². The molecule has 2 rings (SSSR count). The van der Waals surface area contributed by atoms with Crippen LogP contribution < -0.4 is 29.5 Å². The Bertz CT molecular complexity index is 4090. The van der Waals surface area contributed by atoms with E-state index in [0.717, 1.165) is 36.9 Å². The number of sulfonamides is 2. The minimum absolute atomic E-state index is 0.0890. The average molecular weight is 2010 g/mol. The van der Waals surface area contributed by atoms with Crippen LogP contribution in [0.25, 0.3) is 0 Å². The monoisotopic (exact) mass is 2010 g/mol. The van der Waals surface area contributed by atoms with Crippen molar-refractivity contribution in [2.75, 3.05) is 93.1 Å². The van der Waals surface area contributed by atoms with Gasteiger partial charge in [-0.3, -0.25) is 86.6 Å². The summed E-state index contributed by atoms with van der Waals surface area (Å²) < 4.78 is 177. The molecule has 50 heteroatoms. The van der Waals surface area contributed by atoms with Gasteiger partial charge in [-0.2, -0.15) is 10.2 Å². The number of Topliss-reactive ketones (excluding diaryl/α,β-unsaturated/α-hetero) is 2. The Labute approximate surface area is 762 Å². The standard InChI is InChI=1S/C7H13NO2.C7H14O3S.C6H11N3.C6H13NO2S.C6H11NO2.C6H12O3S.C5H9N3.2C5H11NO3S.C5H11NO2S.C5H13O2P.C5H12O2S.C4H11O2P.C4H10O2S/c1-5(2)4-7(10)8-6(3)9;1-6(2)4-11(9,10)5-7(3)8;1-5(2)3-6-4-7-9-8-6;1-5(2)4-6(8)7-10(3)9;1-4(2)6(9)7-5(3)8;1-5(2)10(8,9)4-6(3)7;1-4(2)5-3-6-8-7-5;2*1-4(2)5(7)6-10(3,8)9;1-4(2)5(7)6-9(3)8;2*1-5(2)4-8(3,6)7;2*1-4(2)7(3,5)6/h5H,4H2,1-3H3,(H,8,9,10);6H,4-5H2,1-3H3;5H,3-4H2,1-2H3;5H,4H2,1-3H3,(H,7,8);4H,1-3H3,(H,7,8,9);5H,4H2,1-3H3;4H,3H2,1-2H3;2*4H,1-3H3,(H,6,7);4H,1-3H3,(H,6,7);5H,4H2,1-3H3,(H,6,7);5H,4H2,1-3H3;4H,1-3H3,(H,5,6);4H,1-3H3. The van der Waals surface area contributed by atoms with Crippen molar-refractivity contribution >= 4 is 166 Å². The van der Waals surface area contributed by atoms with Gasteiger partial charge in [0.25, 0.3) is 0 Å². The molecule has 2 aliphatic rings. The van der Waals surface area contributed by atoms with Crippen LogP contribution in [-0.2, 0) is 138 Å². The first-order chi connectivity index (χ1) is 55.8. The number of amides is 8. The predicted molar refractivity (Wildman–Crippen MR) is 510 cm³/mol. The minimum atomic E-state index is -3.37. The third kappa shape index (κ3) is 136. The van der Waals surface area contributed by atoms with Crippen molar-refractivity contribution < 1.29 is 126 Å². The van der Waals surface area contributed by atoms with Gasteiger partial charge in [0.2, 0.25) is 67.3 Å². The number of sulfone groups is 4. The maximum atomic E-state index is 11.0. The zero-order valence-electron chi connectivity index (χ0n) is 82.5. The Balaban J connectivity index is -0.000000111. The van der Waals surface area contributed by atoms with Gasteiger partial charge < -0.3 is 9.79 Å². The second-order valence-electron chi connectivity index (χ2n) is 33.9. The number of nitrogens with zero attached hydrogens (tertiary/aromatic N) is 6. The van der Waals surface area contributed by atoms with Gasteiger partial charge in [0.1, 0.15) is 77.8 Å². The van der Waals surface area contributed by atoms with Crippen LogP contribution in [0.1, 0.15) is 241 Å². The summed E-state index contributed by atoms with van der Waals surface area (Å²) in [7, 11) is -26.4. The Hall–Kier alpha value is -5.58. The summed E-state index contributed by atoms with van der Waals surface area (Å²) in [6.45, 7) is 60.4. The van der Waals surface area contributed by atoms with Crippen LogP contribution in [0.2, 0.25) is 0 Å². The van der Waals surface area contributed by atoms with Crippen LogP contribution in [0.3, 0.4) is 0 Å². The van der Waals surface area contributed by atoms with Crippen LogP contribution in [0.5, 0.6) is 0 Å². The van der Waals surface area contributed by atoms with Crippen molar-refractivity contribution in [3.8, 4) is 0 Å². The molecule has 0 aromatic rings. The molecule has 4 unspecified atom stereocenters. The topological polar surface area (TPSA) is 631 Å². The first-order valence-corrected chi connectivity index (χ1v) is 58.8. The number of ketones is 2. The number of rotatable bonds is 28. The van der Waals surface area contributed by atoms with E-state index in [1.165, 1.54) is 66.0 Å². The van der Waals surface area contributed by atoms with E-state index in [-0.39, 0.29) is 111 Å². The predicted octanol–water partition coefficient (Wildman–Crippen LogP) is 9.26. The third-order valence-electron chi connectivity index (χ3n) is 12.5. The lowest BCUT2D eigenvalue weighted by molar-refractivity contribution is -0.132. The number of hydrogen-bond donors (Lipinski definition) is 8. The molecular formula is C76H162N12O28P2S8. The van der Waals surface area contributed by atoms with E-state index in [4.69, 9.17) is 9.79 Å². The number of imide groups is 2. The SMILES string of the molecule is CC(=O)CS(=O)(=O)C(C)C.CC(=O)CS(=O)(=O)CC(C)C.CC(=O)NC(=O)C(C)C.CC(=O)NC(=O)CC(C)C.CC(C)C(=O)NS(C)(=O)=O.CC(C)C(=O)NS(C)(=O)=O.CC(C)C(=O)NS(C)=O.CC(C)C1=NN=NC1.CC(C)CC(=O)NS(C)=O.CC(C)CC1=NN=NC1.CC(C)CP(C)(=O)O.CC(C)CS(C)(=O)=O.CC(C)P(C)(=O)O.CC(C)S(C)(=O)=O. The van der Waals surface area contributed by atoms with Gasteiger partial charge in [-0.05, 0) is 99.8 Å². The summed E-state index contributed by atoms with van der Waals surface area (Å²) in [5.41, 5.74) is 2.11. The molecule has 0 aromatic heterocycles. The zero-order chi connectivity index (χ0) is 104. The molecule has 40 nitrogen and oxygen atoms in total. The normalized spacial score (nSPS) is 13.4. The van der Waals surface area contributed by atoms with Crippen molar-refractivity contribution in [3.05, 3.63) is 0 Å². The molecule has 8 amide bonds. The maximum absolute atomic E-state index is 11.0. The van der Waals surface area contributed by atoms with Crippen LogP contribution in [0.15, 0.2) is 30.9 Å². The quantitative estimate of drug-likeness (QED) is 0.0338. The van der Waals surface area contributed by atoms with Crippen LogP contribution in [-0.4, -0.2) is 248 Å². The number of carbonyl (C=O) groups excluding carboxylic acids is 10. The molecule has 752 valence electrons. The largest absolute Gasteiger partial charge is 0.344 e. The number of hydrogen-bond acceptors (Lipinski definition) is 32. The fraction of sp³-hybridized carbons (Fsp3) is 0.842. The first kappa shape index (κ1) is 146. The van der Waals surface area contributed by atoms with Crippen LogP contribution >= 0.6 is 14.7 Å². The molecule has 126 heavy (non-hydrogen) atoms. The lowest BCUT2D eigenvalue weighted by atomic mass is 10.1. The summed E-state index contributed by atoms with van der Waals surface area (Å²) in [5, 5.41) is 25.8.